The van der Waals surface area contributed by atoms with Crippen molar-refractivity contribution in [3.05, 3.63) is 27.7 Å². The van der Waals surface area contributed by atoms with Gasteiger partial charge in [0.15, 0.2) is 0 Å². The van der Waals surface area contributed by atoms with Crippen molar-refractivity contribution in [2.75, 3.05) is 0 Å². The Morgan fingerprint density at radius 3 is 2.56 bits per heavy atom. The van der Waals surface area contributed by atoms with Gasteiger partial charge in [-0.2, -0.15) is 0 Å². The van der Waals surface area contributed by atoms with E-state index in [1.807, 2.05) is 0 Å². The molecule has 18 heavy (non-hydrogen) atoms. The first kappa shape index (κ1) is 13.8. The van der Waals surface area contributed by atoms with Gasteiger partial charge < -0.3 is 5.32 Å². The Kier molecular flexibility index (Phi) is 3.71. The van der Waals surface area contributed by atoms with Crippen LogP contribution < -0.4 is 5.32 Å². The second kappa shape index (κ2) is 4.83. The van der Waals surface area contributed by atoms with Crippen molar-refractivity contribution in [2.45, 2.75) is 30.7 Å². The maximum absolute atomic E-state index is 11.9. The van der Waals surface area contributed by atoms with Crippen molar-refractivity contribution in [3.63, 3.8) is 0 Å². The zero-order chi connectivity index (χ0) is 13.5. The number of hydrogen-bond donors (Lipinski definition) is 1. The molecule has 0 aliphatic heterocycles. The van der Waals surface area contributed by atoms with E-state index in [-0.39, 0.29) is 16.8 Å². The first-order chi connectivity index (χ1) is 8.29. The van der Waals surface area contributed by atoms with Gasteiger partial charge in [0, 0.05) is 26.8 Å². The van der Waals surface area contributed by atoms with Gasteiger partial charge in [-0.1, -0.05) is 15.9 Å². The third kappa shape index (κ3) is 3.05. The molecule has 0 heterocycles. The second-order valence-corrected chi connectivity index (χ2v) is 7.66. The molecule has 0 aromatic heterocycles. The van der Waals surface area contributed by atoms with Crippen LogP contribution in [-0.2, 0) is 9.05 Å². The molecule has 0 saturated heterocycles. The lowest BCUT2D eigenvalue weighted by Crippen LogP contribution is -2.25. The minimum atomic E-state index is -3.86. The summed E-state index contributed by atoms with van der Waals surface area (Å²) in [6.45, 7) is 1.63. The topological polar surface area (TPSA) is 63.2 Å². The largest absolute Gasteiger partial charge is 0.349 e. The Labute approximate surface area is 118 Å². The zero-order valence-corrected chi connectivity index (χ0v) is 12.7. The van der Waals surface area contributed by atoms with Crippen molar-refractivity contribution in [2.24, 2.45) is 0 Å². The minimum Gasteiger partial charge on any atom is -0.349 e. The molecule has 1 amide bonds. The van der Waals surface area contributed by atoms with E-state index in [0.717, 1.165) is 12.8 Å². The molecule has 1 aromatic rings. The van der Waals surface area contributed by atoms with Crippen molar-refractivity contribution in [3.8, 4) is 0 Å². The first-order valence-electron chi connectivity index (χ1n) is 5.34. The van der Waals surface area contributed by atoms with Gasteiger partial charge in [0.1, 0.15) is 0 Å². The van der Waals surface area contributed by atoms with Crippen LogP contribution in [-0.4, -0.2) is 20.4 Å². The number of amides is 1. The lowest BCUT2D eigenvalue weighted by molar-refractivity contribution is 0.0951. The van der Waals surface area contributed by atoms with Gasteiger partial charge in [0.2, 0.25) is 0 Å². The van der Waals surface area contributed by atoms with E-state index in [4.69, 9.17) is 10.7 Å². The number of rotatable bonds is 3. The molecule has 0 bridgehead atoms. The van der Waals surface area contributed by atoms with Crippen molar-refractivity contribution >= 4 is 41.6 Å². The van der Waals surface area contributed by atoms with E-state index < -0.39 is 9.05 Å². The SMILES string of the molecule is Cc1c(Br)cc(C(=O)NC2CC2)cc1S(=O)(=O)Cl. The fourth-order valence-electron chi connectivity index (χ4n) is 1.53. The fourth-order valence-corrected chi connectivity index (χ4v) is 3.35. The highest BCUT2D eigenvalue weighted by molar-refractivity contribution is 9.10. The van der Waals surface area contributed by atoms with Gasteiger partial charge in [-0.05, 0) is 37.5 Å². The lowest BCUT2D eigenvalue weighted by Gasteiger charge is -2.09. The van der Waals surface area contributed by atoms with Crippen LogP contribution in [0.15, 0.2) is 21.5 Å². The maximum Gasteiger partial charge on any atom is 0.261 e. The van der Waals surface area contributed by atoms with Gasteiger partial charge in [0.05, 0.1) is 4.90 Å². The van der Waals surface area contributed by atoms with Crippen LogP contribution in [0.1, 0.15) is 28.8 Å². The smallest absolute Gasteiger partial charge is 0.261 e. The summed E-state index contributed by atoms with van der Waals surface area (Å²) < 4.78 is 23.4. The first-order valence-corrected chi connectivity index (χ1v) is 8.45. The average Bonchev–Trinajstić information content (AvgIpc) is 3.03. The Balaban J connectivity index is 2.43. The molecule has 1 aromatic carbocycles. The molecule has 0 atom stereocenters. The van der Waals surface area contributed by atoms with E-state index in [1.165, 1.54) is 6.07 Å². The summed E-state index contributed by atoms with van der Waals surface area (Å²) in [4.78, 5) is 11.8. The average molecular weight is 353 g/mol. The minimum absolute atomic E-state index is 0.0421. The van der Waals surface area contributed by atoms with Crippen LogP contribution in [0.3, 0.4) is 0 Å². The van der Waals surface area contributed by atoms with Crippen molar-refractivity contribution in [1.82, 2.24) is 5.32 Å². The molecule has 0 spiro atoms. The quantitative estimate of drug-likeness (QED) is 0.850. The monoisotopic (exact) mass is 351 g/mol. The van der Waals surface area contributed by atoms with Crippen LogP contribution in [0, 0.1) is 6.92 Å². The van der Waals surface area contributed by atoms with Gasteiger partial charge >= 0.3 is 0 Å². The predicted molar refractivity (Wildman–Crippen MR) is 72.4 cm³/mol. The lowest BCUT2D eigenvalue weighted by atomic mass is 10.1. The molecule has 0 unspecified atom stereocenters. The van der Waals surface area contributed by atoms with Crippen LogP contribution in [0.2, 0.25) is 0 Å². The Hall–Kier alpha value is -0.590. The summed E-state index contributed by atoms with van der Waals surface area (Å²) in [5.41, 5.74) is 0.784. The molecule has 7 heteroatoms. The summed E-state index contributed by atoms with van der Waals surface area (Å²) in [5.74, 6) is -0.278. The molecular formula is C11H11BrClNO3S. The van der Waals surface area contributed by atoms with Crippen LogP contribution >= 0.6 is 26.6 Å². The third-order valence-electron chi connectivity index (χ3n) is 2.73. The molecule has 2 rings (SSSR count). The van der Waals surface area contributed by atoms with Crippen molar-refractivity contribution in [1.29, 1.82) is 0 Å². The third-order valence-corrected chi connectivity index (χ3v) is 5.01. The number of nitrogens with one attached hydrogen (secondary N) is 1. The van der Waals surface area contributed by atoms with Crippen LogP contribution in [0.5, 0.6) is 0 Å². The highest BCUT2D eigenvalue weighted by Crippen LogP contribution is 2.28. The van der Waals surface area contributed by atoms with E-state index in [9.17, 15) is 13.2 Å². The van der Waals surface area contributed by atoms with E-state index in [1.54, 1.807) is 13.0 Å². The number of carbonyl (C=O) groups is 1. The molecule has 1 aliphatic rings. The molecular weight excluding hydrogens is 342 g/mol. The molecule has 1 saturated carbocycles. The molecule has 1 fully saturated rings. The Bertz CT molecular complexity index is 611. The number of hydrogen-bond acceptors (Lipinski definition) is 3. The molecule has 98 valence electrons. The van der Waals surface area contributed by atoms with E-state index in [2.05, 4.69) is 21.2 Å². The van der Waals surface area contributed by atoms with E-state index >= 15 is 0 Å². The van der Waals surface area contributed by atoms with E-state index in [0.29, 0.717) is 15.6 Å². The summed E-state index contributed by atoms with van der Waals surface area (Å²) in [7, 11) is 1.49. The zero-order valence-electron chi connectivity index (χ0n) is 9.54. The Morgan fingerprint density at radius 1 is 1.44 bits per heavy atom. The second-order valence-electron chi connectivity index (χ2n) is 4.27. The van der Waals surface area contributed by atoms with Gasteiger partial charge in [-0.25, -0.2) is 8.42 Å². The molecule has 0 radical (unpaired) electrons. The van der Waals surface area contributed by atoms with Gasteiger partial charge in [-0.15, -0.1) is 0 Å². The van der Waals surface area contributed by atoms with Crippen LogP contribution in [0.25, 0.3) is 0 Å². The van der Waals surface area contributed by atoms with Crippen LogP contribution in [0.4, 0.5) is 0 Å². The molecule has 4 nitrogen and oxygen atoms in total. The number of halogens is 2. The van der Waals surface area contributed by atoms with Gasteiger partial charge in [-0.3, -0.25) is 4.79 Å². The normalized spacial score (nSPS) is 15.5. The highest BCUT2D eigenvalue weighted by Gasteiger charge is 2.25. The molecule has 1 aliphatic carbocycles. The summed E-state index contributed by atoms with van der Waals surface area (Å²) in [6, 6.07) is 3.12. The van der Waals surface area contributed by atoms with Gasteiger partial charge in [0.25, 0.3) is 15.0 Å². The summed E-state index contributed by atoms with van der Waals surface area (Å²) in [6.07, 6.45) is 1.94. The Morgan fingerprint density at radius 2 is 2.06 bits per heavy atom. The predicted octanol–water partition coefficient (Wildman–Crippen LogP) is 2.58. The number of carbonyl (C=O) groups excluding carboxylic acids is 1. The number of benzene rings is 1. The summed E-state index contributed by atoms with van der Waals surface area (Å²) >= 11 is 3.24. The maximum atomic E-state index is 11.9. The van der Waals surface area contributed by atoms with Crippen molar-refractivity contribution < 1.29 is 13.2 Å². The fraction of sp³-hybridized carbons (Fsp3) is 0.364. The highest BCUT2D eigenvalue weighted by atomic mass is 79.9. The molecule has 1 N–H and O–H groups in total. The standard InChI is InChI=1S/C11H11BrClNO3S/c1-6-9(12)4-7(5-10(6)18(13,16)17)11(15)14-8-2-3-8/h4-5,8H,2-3H2,1H3,(H,14,15). The summed E-state index contributed by atoms with van der Waals surface area (Å²) in [5, 5.41) is 2.80.